The number of carbonyl (C=O) groups excluding carboxylic acids is 2. The second-order valence-corrected chi connectivity index (χ2v) is 11.3. The summed E-state index contributed by atoms with van der Waals surface area (Å²) in [6.07, 6.45) is 1.29. The second kappa shape index (κ2) is 11.9. The number of aromatic nitrogens is 1. The number of benzene rings is 1. The maximum atomic E-state index is 15.0. The van der Waals surface area contributed by atoms with E-state index in [2.05, 4.69) is 20.4 Å². The van der Waals surface area contributed by atoms with E-state index in [0.29, 0.717) is 24.8 Å². The van der Waals surface area contributed by atoms with Crippen LogP contribution in [0.4, 0.5) is 17.6 Å². The van der Waals surface area contributed by atoms with Gasteiger partial charge in [0.2, 0.25) is 17.7 Å². The van der Waals surface area contributed by atoms with Crippen LogP contribution in [0.1, 0.15) is 69.0 Å². The molecule has 0 bridgehead atoms. The number of alkyl halides is 3. The van der Waals surface area contributed by atoms with Crippen molar-refractivity contribution in [2.24, 2.45) is 11.3 Å². The molecule has 2 N–H and O–H groups in total. The van der Waals surface area contributed by atoms with Gasteiger partial charge in [0.1, 0.15) is 5.82 Å². The first-order chi connectivity index (χ1) is 18.3. The number of amides is 2. The molecule has 4 rings (SSSR count). The normalized spacial score (nSPS) is 21.4. The molecule has 6 nitrogen and oxygen atoms in total. The fourth-order valence-corrected chi connectivity index (χ4v) is 6.07. The van der Waals surface area contributed by atoms with Crippen LogP contribution in [0.15, 0.2) is 30.5 Å². The van der Waals surface area contributed by atoms with Crippen LogP contribution in [0.3, 0.4) is 0 Å². The van der Waals surface area contributed by atoms with Crippen molar-refractivity contribution < 1.29 is 31.9 Å². The zero-order valence-electron chi connectivity index (χ0n) is 21.2. The molecule has 2 saturated carbocycles. The summed E-state index contributed by atoms with van der Waals surface area (Å²) in [7, 11) is 0. The molecule has 2 fully saturated rings. The summed E-state index contributed by atoms with van der Waals surface area (Å²) in [5.41, 5.74) is 0.235. The van der Waals surface area contributed by atoms with Gasteiger partial charge in [-0.2, -0.15) is 0 Å². The number of nitrogens with zero attached hydrogens (tertiary/aromatic N) is 1. The van der Waals surface area contributed by atoms with E-state index in [0.717, 1.165) is 37.9 Å². The average Bonchev–Trinajstić information content (AvgIpc) is 3.51. The molecular formula is C27H29Cl2F4N3O3. The van der Waals surface area contributed by atoms with Crippen LogP contribution in [0.25, 0.3) is 0 Å². The molecule has 1 aromatic carbocycles. The third-order valence-electron chi connectivity index (χ3n) is 7.65. The van der Waals surface area contributed by atoms with Crippen LogP contribution in [-0.4, -0.2) is 29.2 Å². The van der Waals surface area contributed by atoms with Crippen molar-refractivity contribution in [3.05, 3.63) is 57.5 Å². The molecule has 0 aliphatic heterocycles. The first-order valence-electron chi connectivity index (χ1n) is 12.8. The largest absolute Gasteiger partial charge is 0.574 e. The minimum atomic E-state index is -4.85. The van der Waals surface area contributed by atoms with Crippen LogP contribution in [0.5, 0.6) is 5.88 Å². The van der Waals surface area contributed by atoms with E-state index in [1.54, 1.807) is 0 Å². The van der Waals surface area contributed by atoms with Crippen molar-refractivity contribution in [3.8, 4) is 5.88 Å². The molecule has 0 saturated heterocycles. The Hall–Kier alpha value is -2.59. The van der Waals surface area contributed by atoms with E-state index in [1.165, 1.54) is 18.2 Å². The lowest BCUT2D eigenvalue weighted by molar-refractivity contribution is -0.276. The van der Waals surface area contributed by atoms with E-state index in [1.807, 2.05) is 6.92 Å². The number of carbonyl (C=O) groups is 2. The smallest absolute Gasteiger partial charge is 0.388 e. The standard InChI is InChI=1S/C27H29Cl2F4N3O3/c1-26(10-2-3-11-26)24(22-19(30)8-7-18(28)23(22)29)36-25(38)16-5-6-17(13-16)35-20(37)12-15-4-9-21(34-14-15)39-27(31,32)33/h4,7-9,14,16-17,24H,2-3,5-6,10-13H2,1H3,(H,35,37)(H,36,38)/t16-,17+,24+/m0/s1. The fraction of sp³-hybridized carbons (Fsp3) is 0.519. The molecule has 2 aliphatic carbocycles. The number of nitrogens with one attached hydrogen (secondary N) is 2. The first-order valence-corrected chi connectivity index (χ1v) is 13.5. The van der Waals surface area contributed by atoms with Gasteiger partial charge in [-0.25, -0.2) is 9.37 Å². The summed E-state index contributed by atoms with van der Waals surface area (Å²) in [5, 5.41) is 6.26. The molecule has 1 aromatic heterocycles. The highest BCUT2D eigenvalue weighted by Gasteiger charge is 2.43. The van der Waals surface area contributed by atoms with Crippen LogP contribution in [0, 0.1) is 17.2 Å². The highest BCUT2D eigenvalue weighted by molar-refractivity contribution is 6.42. The summed E-state index contributed by atoms with van der Waals surface area (Å²) in [6.45, 7) is 2.02. The lowest BCUT2D eigenvalue weighted by Crippen LogP contribution is -2.42. The number of rotatable bonds is 8. The van der Waals surface area contributed by atoms with Crippen LogP contribution < -0.4 is 15.4 Å². The molecular weight excluding hydrogens is 561 g/mol. The van der Waals surface area contributed by atoms with Crippen LogP contribution >= 0.6 is 23.2 Å². The van der Waals surface area contributed by atoms with Gasteiger partial charge in [-0.1, -0.05) is 49.0 Å². The Morgan fingerprint density at radius 2 is 1.87 bits per heavy atom. The number of ether oxygens (including phenoxy) is 1. The molecule has 0 unspecified atom stereocenters. The van der Waals surface area contributed by atoms with Gasteiger partial charge < -0.3 is 15.4 Å². The monoisotopic (exact) mass is 589 g/mol. The summed E-state index contributed by atoms with van der Waals surface area (Å²) in [5.74, 6) is -2.09. The number of halogens is 6. The lowest BCUT2D eigenvalue weighted by Gasteiger charge is -2.36. The van der Waals surface area contributed by atoms with Gasteiger partial charge in [0, 0.05) is 29.8 Å². The maximum Gasteiger partial charge on any atom is 0.574 e. The zero-order chi connectivity index (χ0) is 28.4. The van der Waals surface area contributed by atoms with Gasteiger partial charge in [0.15, 0.2) is 0 Å². The van der Waals surface area contributed by atoms with E-state index in [-0.39, 0.29) is 51.2 Å². The van der Waals surface area contributed by atoms with E-state index < -0.39 is 24.1 Å². The van der Waals surface area contributed by atoms with E-state index in [9.17, 15) is 22.8 Å². The third kappa shape index (κ3) is 7.33. The van der Waals surface area contributed by atoms with Crippen molar-refractivity contribution in [2.75, 3.05) is 0 Å². The molecule has 39 heavy (non-hydrogen) atoms. The Balaban J connectivity index is 1.36. The van der Waals surface area contributed by atoms with Crippen molar-refractivity contribution in [3.63, 3.8) is 0 Å². The van der Waals surface area contributed by atoms with Crippen molar-refractivity contribution in [1.82, 2.24) is 15.6 Å². The average molecular weight is 590 g/mol. The predicted molar refractivity (Wildman–Crippen MR) is 138 cm³/mol. The van der Waals surface area contributed by atoms with Crippen LogP contribution in [0.2, 0.25) is 10.0 Å². The summed E-state index contributed by atoms with van der Waals surface area (Å²) in [6, 6.07) is 4.13. The van der Waals surface area contributed by atoms with Gasteiger partial charge in [-0.05, 0) is 55.2 Å². The quantitative estimate of drug-likeness (QED) is 0.265. The number of hydrogen-bond donors (Lipinski definition) is 2. The summed E-state index contributed by atoms with van der Waals surface area (Å²) < 4.78 is 55.6. The first kappa shape index (κ1) is 29.4. The Bertz CT molecular complexity index is 1200. The van der Waals surface area contributed by atoms with Crippen molar-refractivity contribution in [1.29, 1.82) is 0 Å². The molecule has 0 radical (unpaired) electrons. The molecule has 0 spiro atoms. The Morgan fingerprint density at radius 1 is 1.15 bits per heavy atom. The Morgan fingerprint density at radius 3 is 2.51 bits per heavy atom. The molecule has 12 heteroatoms. The predicted octanol–water partition coefficient (Wildman–Crippen LogP) is 6.69. The SMILES string of the molecule is CC1([C@H](NC(=O)[C@H]2CC[C@@H](NC(=O)Cc3ccc(OC(F)(F)F)nc3)C2)c2c(F)ccc(Cl)c2Cl)CCCC1. The van der Waals surface area contributed by atoms with Crippen LogP contribution in [-0.2, 0) is 16.0 Å². The number of hydrogen-bond acceptors (Lipinski definition) is 4. The molecule has 212 valence electrons. The molecule has 2 amide bonds. The Labute approximate surface area is 233 Å². The number of pyridine rings is 1. The highest BCUT2D eigenvalue weighted by atomic mass is 35.5. The topological polar surface area (TPSA) is 80.3 Å². The fourth-order valence-electron chi connectivity index (χ4n) is 5.64. The summed E-state index contributed by atoms with van der Waals surface area (Å²) in [4.78, 5) is 29.5. The van der Waals surface area contributed by atoms with Gasteiger partial charge in [0.05, 0.1) is 22.5 Å². The molecule has 2 aromatic rings. The van der Waals surface area contributed by atoms with Gasteiger partial charge in [-0.15, -0.1) is 13.2 Å². The molecule has 3 atom stereocenters. The highest BCUT2D eigenvalue weighted by Crippen LogP contribution is 2.50. The van der Waals surface area contributed by atoms with Crippen molar-refractivity contribution in [2.45, 2.75) is 76.7 Å². The lowest BCUT2D eigenvalue weighted by atomic mass is 9.76. The maximum absolute atomic E-state index is 15.0. The Kier molecular flexibility index (Phi) is 8.95. The van der Waals surface area contributed by atoms with Crippen molar-refractivity contribution >= 4 is 35.0 Å². The second-order valence-electron chi connectivity index (χ2n) is 10.6. The van der Waals surface area contributed by atoms with Gasteiger partial charge in [0.25, 0.3) is 0 Å². The van der Waals surface area contributed by atoms with Gasteiger partial charge >= 0.3 is 6.36 Å². The minimum absolute atomic E-state index is 0.0837. The minimum Gasteiger partial charge on any atom is -0.388 e. The third-order valence-corrected chi connectivity index (χ3v) is 8.47. The zero-order valence-corrected chi connectivity index (χ0v) is 22.7. The van der Waals surface area contributed by atoms with Gasteiger partial charge in [-0.3, -0.25) is 9.59 Å². The molecule has 1 heterocycles. The molecule has 2 aliphatic rings. The summed E-state index contributed by atoms with van der Waals surface area (Å²) >= 11 is 12.6. The van der Waals surface area contributed by atoms with E-state index >= 15 is 4.39 Å². The van der Waals surface area contributed by atoms with E-state index in [4.69, 9.17) is 23.2 Å².